The minimum Gasteiger partial charge on any atom is -0.456 e. The van der Waals surface area contributed by atoms with E-state index in [0.717, 1.165) is 0 Å². The summed E-state index contributed by atoms with van der Waals surface area (Å²) in [6.45, 7) is 0.711. The summed E-state index contributed by atoms with van der Waals surface area (Å²) in [5, 5.41) is 2.23. The summed E-state index contributed by atoms with van der Waals surface area (Å²) >= 11 is 0. The van der Waals surface area contributed by atoms with Crippen molar-refractivity contribution in [3.63, 3.8) is 0 Å². The topological polar surface area (TPSA) is 154 Å². The first kappa shape index (κ1) is 18.2. The van der Waals surface area contributed by atoms with Gasteiger partial charge in [0, 0.05) is 12.1 Å². The van der Waals surface area contributed by atoms with Crippen LogP contribution in [-0.2, 0) is 4.74 Å². The Morgan fingerprint density at radius 3 is 2.63 bits per heavy atom. The Bertz CT molecular complexity index is 851. The second-order valence-corrected chi connectivity index (χ2v) is 6.01. The summed E-state index contributed by atoms with van der Waals surface area (Å²) in [4.78, 5) is 40.6. The number of piperidine rings is 1. The monoisotopic (exact) mass is 373 g/mol. The number of hydrogen-bond donors (Lipinski definition) is 3. The van der Waals surface area contributed by atoms with Gasteiger partial charge in [-0.15, -0.1) is 0 Å². The van der Waals surface area contributed by atoms with Crippen LogP contribution >= 0.6 is 0 Å². The normalized spacial score (nSPS) is 16.6. The molecule has 10 nitrogen and oxygen atoms in total. The maximum atomic E-state index is 12.6. The number of anilines is 1. The SMILES string of the molecule is NC(=O)Nc1oc(-c2ccccc2)nc1C(=O)OC1CCCN(C(N)=O)C1. The number of nitrogens with one attached hydrogen (secondary N) is 1. The summed E-state index contributed by atoms with van der Waals surface area (Å²) in [6, 6.07) is 7.37. The third-order valence-corrected chi connectivity index (χ3v) is 4.04. The van der Waals surface area contributed by atoms with Gasteiger partial charge in [-0.2, -0.15) is 4.98 Å². The zero-order valence-electron chi connectivity index (χ0n) is 14.4. The molecule has 1 aromatic carbocycles. The van der Waals surface area contributed by atoms with Crippen LogP contribution in [0, 0.1) is 0 Å². The van der Waals surface area contributed by atoms with Gasteiger partial charge >= 0.3 is 18.0 Å². The van der Waals surface area contributed by atoms with E-state index in [1.165, 1.54) is 4.90 Å². The van der Waals surface area contributed by atoms with Crippen LogP contribution in [0.2, 0.25) is 0 Å². The number of carbonyl (C=O) groups is 3. The van der Waals surface area contributed by atoms with E-state index in [1.807, 2.05) is 6.07 Å². The lowest BCUT2D eigenvalue weighted by Crippen LogP contribution is -2.46. The van der Waals surface area contributed by atoms with Gasteiger partial charge in [-0.05, 0) is 25.0 Å². The number of primary amides is 2. The van der Waals surface area contributed by atoms with E-state index >= 15 is 0 Å². The zero-order valence-corrected chi connectivity index (χ0v) is 14.4. The van der Waals surface area contributed by atoms with Crippen LogP contribution in [0.15, 0.2) is 34.7 Å². The number of nitrogens with zero attached hydrogens (tertiary/aromatic N) is 2. The molecule has 0 bridgehead atoms. The minimum absolute atomic E-state index is 0.133. The summed E-state index contributed by atoms with van der Waals surface area (Å²) in [5.74, 6) is -0.858. The lowest BCUT2D eigenvalue weighted by Gasteiger charge is -2.30. The molecular formula is C17H19N5O5. The molecule has 1 unspecified atom stereocenters. The van der Waals surface area contributed by atoms with E-state index in [9.17, 15) is 14.4 Å². The third-order valence-electron chi connectivity index (χ3n) is 4.04. The highest BCUT2D eigenvalue weighted by molar-refractivity contribution is 5.97. The van der Waals surface area contributed by atoms with Gasteiger partial charge in [0.15, 0.2) is 0 Å². The number of urea groups is 2. The van der Waals surface area contributed by atoms with Crippen molar-refractivity contribution in [2.45, 2.75) is 18.9 Å². The van der Waals surface area contributed by atoms with Crippen LogP contribution in [0.3, 0.4) is 0 Å². The molecule has 1 atom stereocenters. The lowest BCUT2D eigenvalue weighted by molar-refractivity contribution is 0.0123. The van der Waals surface area contributed by atoms with E-state index in [4.69, 9.17) is 20.6 Å². The van der Waals surface area contributed by atoms with Crippen LogP contribution in [0.25, 0.3) is 11.5 Å². The molecule has 2 heterocycles. The van der Waals surface area contributed by atoms with E-state index in [2.05, 4.69) is 10.3 Å². The molecule has 2 aromatic rings. The molecule has 4 amide bonds. The van der Waals surface area contributed by atoms with Crippen LogP contribution in [-0.4, -0.2) is 47.1 Å². The van der Waals surface area contributed by atoms with Crippen molar-refractivity contribution in [1.82, 2.24) is 9.88 Å². The van der Waals surface area contributed by atoms with Crippen molar-refractivity contribution in [3.8, 4) is 11.5 Å². The first-order valence-corrected chi connectivity index (χ1v) is 8.32. The van der Waals surface area contributed by atoms with Crippen molar-refractivity contribution in [2.75, 3.05) is 18.4 Å². The molecule has 1 fully saturated rings. The molecule has 1 aromatic heterocycles. The highest BCUT2D eigenvalue weighted by Crippen LogP contribution is 2.27. The van der Waals surface area contributed by atoms with Crippen LogP contribution < -0.4 is 16.8 Å². The molecule has 1 aliphatic heterocycles. The van der Waals surface area contributed by atoms with Gasteiger partial charge in [0.05, 0.1) is 6.54 Å². The molecular weight excluding hydrogens is 354 g/mol. The number of esters is 1. The summed E-state index contributed by atoms with van der Waals surface area (Å²) < 4.78 is 10.9. The van der Waals surface area contributed by atoms with Gasteiger partial charge in [0.2, 0.25) is 17.5 Å². The average molecular weight is 373 g/mol. The van der Waals surface area contributed by atoms with E-state index in [-0.39, 0.29) is 24.0 Å². The molecule has 5 N–H and O–H groups in total. The number of hydrogen-bond acceptors (Lipinski definition) is 6. The number of ether oxygens (including phenoxy) is 1. The Hall–Kier alpha value is -3.56. The quantitative estimate of drug-likeness (QED) is 0.691. The van der Waals surface area contributed by atoms with Crippen LogP contribution in [0.5, 0.6) is 0 Å². The fraction of sp³-hybridized carbons (Fsp3) is 0.294. The Balaban J connectivity index is 1.81. The number of oxazole rings is 1. The van der Waals surface area contributed by atoms with Gasteiger partial charge in [-0.3, -0.25) is 5.32 Å². The Labute approximate surface area is 154 Å². The number of nitrogens with two attached hydrogens (primary N) is 2. The largest absolute Gasteiger partial charge is 0.456 e. The maximum Gasteiger partial charge on any atom is 0.363 e. The van der Waals surface area contributed by atoms with Crippen LogP contribution in [0.1, 0.15) is 23.3 Å². The maximum absolute atomic E-state index is 12.6. The predicted octanol–water partition coefficient (Wildman–Crippen LogP) is 1.53. The zero-order chi connectivity index (χ0) is 19.4. The number of amides is 4. The molecule has 0 saturated carbocycles. The van der Waals surface area contributed by atoms with E-state index in [0.29, 0.717) is 24.9 Å². The average Bonchev–Trinajstić information content (AvgIpc) is 3.06. The first-order chi connectivity index (χ1) is 12.9. The van der Waals surface area contributed by atoms with Gasteiger partial charge in [-0.1, -0.05) is 18.2 Å². The standard InChI is InChI=1S/C17H19N5O5/c18-16(24)21-14-12(20-13(27-14)10-5-2-1-3-6-10)15(23)26-11-7-4-8-22(9-11)17(19)25/h1-3,5-6,11H,4,7-9H2,(H2,19,25)(H3,18,21,24). The molecule has 0 aliphatic carbocycles. The molecule has 142 valence electrons. The summed E-state index contributed by atoms with van der Waals surface area (Å²) in [6.07, 6.45) is 0.704. The Morgan fingerprint density at radius 1 is 1.22 bits per heavy atom. The van der Waals surface area contributed by atoms with Gasteiger partial charge in [0.25, 0.3) is 0 Å². The number of rotatable bonds is 4. The number of aromatic nitrogens is 1. The van der Waals surface area contributed by atoms with Gasteiger partial charge in [-0.25, -0.2) is 14.4 Å². The fourth-order valence-corrected chi connectivity index (χ4v) is 2.80. The van der Waals surface area contributed by atoms with Crippen molar-refractivity contribution in [2.24, 2.45) is 11.5 Å². The van der Waals surface area contributed by atoms with Crippen molar-refractivity contribution in [1.29, 1.82) is 0 Å². The third kappa shape index (κ3) is 4.35. The highest BCUT2D eigenvalue weighted by atomic mass is 16.5. The second kappa shape index (κ2) is 7.77. The Kier molecular flexibility index (Phi) is 5.25. The molecule has 10 heteroatoms. The van der Waals surface area contributed by atoms with E-state index in [1.54, 1.807) is 24.3 Å². The molecule has 3 rings (SSSR count). The summed E-state index contributed by atoms with van der Waals surface area (Å²) in [7, 11) is 0. The highest BCUT2D eigenvalue weighted by Gasteiger charge is 2.29. The molecule has 1 saturated heterocycles. The fourth-order valence-electron chi connectivity index (χ4n) is 2.80. The summed E-state index contributed by atoms with van der Waals surface area (Å²) in [5.41, 5.74) is 10.8. The minimum atomic E-state index is -0.905. The van der Waals surface area contributed by atoms with Crippen LogP contribution in [0.4, 0.5) is 15.5 Å². The van der Waals surface area contributed by atoms with Gasteiger partial charge < -0.3 is 25.5 Å². The molecule has 0 radical (unpaired) electrons. The van der Waals surface area contributed by atoms with Crippen molar-refractivity contribution in [3.05, 3.63) is 36.0 Å². The Morgan fingerprint density at radius 2 is 1.96 bits per heavy atom. The van der Waals surface area contributed by atoms with Gasteiger partial charge in [0.1, 0.15) is 6.10 Å². The second-order valence-electron chi connectivity index (χ2n) is 6.01. The first-order valence-electron chi connectivity index (χ1n) is 8.32. The number of carbonyl (C=O) groups excluding carboxylic acids is 3. The molecule has 1 aliphatic rings. The number of benzene rings is 1. The predicted molar refractivity (Wildman–Crippen MR) is 94.7 cm³/mol. The number of likely N-dealkylation sites (tertiary alicyclic amines) is 1. The molecule has 27 heavy (non-hydrogen) atoms. The lowest BCUT2D eigenvalue weighted by atomic mass is 10.1. The van der Waals surface area contributed by atoms with E-state index < -0.39 is 24.1 Å². The molecule has 0 spiro atoms. The van der Waals surface area contributed by atoms with Crippen molar-refractivity contribution < 1.29 is 23.5 Å². The smallest absolute Gasteiger partial charge is 0.363 e. The van der Waals surface area contributed by atoms with Crippen molar-refractivity contribution >= 4 is 23.9 Å².